The summed E-state index contributed by atoms with van der Waals surface area (Å²) in [5.41, 5.74) is 0. The van der Waals surface area contributed by atoms with E-state index in [1.807, 2.05) is 0 Å². The number of hydrogen-bond acceptors (Lipinski definition) is 3. The number of aliphatic carboxylic acids is 2. The van der Waals surface area contributed by atoms with Gasteiger partial charge in [0.25, 0.3) is 0 Å². The number of rotatable bonds is 6. The zero-order valence-corrected chi connectivity index (χ0v) is 10.2. The van der Waals surface area contributed by atoms with Crippen LogP contribution in [0.2, 0.25) is 0 Å². The van der Waals surface area contributed by atoms with Gasteiger partial charge in [-0.1, -0.05) is 19.3 Å². The van der Waals surface area contributed by atoms with Crippen LogP contribution in [0.25, 0.3) is 0 Å². The van der Waals surface area contributed by atoms with Crippen LogP contribution in [0.5, 0.6) is 0 Å². The molecule has 1 fully saturated rings. The van der Waals surface area contributed by atoms with Crippen molar-refractivity contribution >= 4 is 17.8 Å². The van der Waals surface area contributed by atoms with E-state index in [2.05, 4.69) is 5.32 Å². The monoisotopic (exact) mass is 257 g/mol. The average Bonchev–Trinajstić information content (AvgIpc) is 2.28. The zero-order chi connectivity index (χ0) is 13.5. The summed E-state index contributed by atoms with van der Waals surface area (Å²) in [4.78, 5) is 33.0. The lowest BCUT2D eigenvalue weighted by Gasteiger charge is -2.23. The molecule has 0 heterocycles. The second kappa shape index (κ2) is 6.98. The first-order valence-electron chi connectivity index (χ1n) is 6.23. The predicted molar refractivity (Wildman–Crippen MR) is 63.0 cm³/mol. The smallest absolute Gasteiger partial charge is 0.307 e. The number of amides is 1. The summed E-state index contributed by atoms with van der Waals surface area (Å²) >= 11 is 0. The second-order valence-electron chi connectivity index (χ2n) is 4.74. The molecule has 0 aliphatic heterocycles. The maximum atomic E-state index is 11.6. The van der Waals surface area contributed by atoms with Crippen molar-refractivity contribution in [2.24, 2.45) is 5.92 Å². The molecule has 18 heavy (non-hydrogen) atoms. The first-order chi connectivity index (χ1) is 8.49. The van der Waals surface area contributed by atoms with Crippen LogP contribution in [-0.2, 0) is 14.4 Å². The lowest BCUT2D eigenvalue weighted by Crippen LogP contribution is -2.38. The summed E-state index contributed by atoms with van der Waals surface area (Å²) in [6.45, 7) is 0. The van der Waals surface area contributed by atoms with Crippen molar-refractivity contribution in [1.29, 1.82) is 0 Å². The van der Waals surface area contributed by atoms with Gasteiger partial charge in [0, 0.05) is 12.5 Å². The minimum absolute atomic E-state index is 0.116. The largest absolute Gasteiger partial charge is 0.481 e. The van der Waals surface area contributed by atoms with Crippen LogP contribution in [0, 0.1) is 5.92 Å². The fraction of sp³-hybridized carbons (Fsp3) is 0.750. The van der Waals surface area contributed by atoms with Crippen molar-refractivity contribution in [3.63, 3.8) is 0 Å². The number of nitrogens with one attached hydrogen (secondary N) is 1. The molecule has 1 rings (SSSR count). The van der Waals surface area contributed by atoms with Gasteiger partial charge in [-0.3, -0.25) is 14.4 Å². The molecule has 0 aromatic heterocycles. The Bertz CT molecular complexity index is 322. The third kappa shape index (κ3) is 5.16. The van der Waals surface area contributed by atoms with Gasteiger partial charge >= 0.3 is 11.9 Å². The molecule has 1 aliphatic rings. The van der Waals surface area contributed by atoms with Crippen LogP contribution < -0.4 is 5.32 Å². The minimum Gasteiger partial charge on any atom is -0.481 e. The van der Waals surface area contributed by atoms with E-state index in [1.54, 1.807) is 0 Å². The number of carboxylic acid groups (broad SMARTS) is 2. The molecule has 1 atom stereocenters. The highest BCUT2D eigenvalue weighted by Crippen LogP contribution is 2.18. The number of carbonyl (C=O) groups excluding carboxylic acids is 1. The average molecular weight is 257 g/mol. The summed E-state index contributed by atoms with van der Waals surface area (Å²) in [6, 6.07) is 0.116. The molecule has 0 saturated heterocycles. The van der Waals surface area contributed by atoms with Crippen LogP contribution in [0.3, 0.4) is 0 Å². The van der Waals surface area contributed by atoms with E-state index in [0.717, 1.165) is 25.7 Å². The zero-order valence-electron chi connectivity index (χ0n) is 10.2. The van der Waals surface area contributed by atoms with Gasteiger partial charge < -0.3 is 15.5 Å². The van der Waals surface area contributed by atoms with E-state index < -0.39 is 24.3 Å². The highest BCUT2D eigenvalue weighted by Gasteiger charge is 2.25. The maximum absolute atomic E-state index is 11.6. The van der Waals surface area contributed by atoms with Crippen molar-refractivity contribution in [2.45, 2.75) is 51.0 Å². The molecule has 0 aromatic rings. The first kappa shape index (κ1) is 14.5. The summed E-state index contributed by atoms with van der Waals surface area (Å²) in [5, 5.41) is 20.2. The lowest BCUT2D eigenvalue weighted by molar-refractivity contribution is -0.149. The fourth-order valence-corrected chi connectivity index (χ4v) is 2.21. The van der Waals surface area contributed by atoms with Crippen molar-refractivity contribution in [3.05, 3.63) is 0 Å². The molecule has 6 heteroatoms. The number of hydrogen-bond donors (Lipinski definition) is 3. The normalized spacial score (nSPS) is 18.0. The van der Waals surface area contributed by atoms with Crippen molar-refractivity contribution < 1.29 is 24.6 Å². The third-order valence-corrected chi connectivity index (χ3v) is 3.17. The van der Waals surface area contributed by atoms with Gasteiger partial charge in [-0.15, -0.1) is 0 Å². The Hall–Kier alpha value is -1.59. The van der Waals surface area contributed by atoms with E-state index in [-0.39, 0.29) is 18.4 Å². The predicted octanol–water partition coefficient (Wildman–Crippen LogP) is 1.00. The molecule has 1 aliphatic carbocycles. The maximum Gasteiger partial charge on any atom is 0.307 e. The molecule has 1 unspecified atom stereocenters. The SMILES string of the molecule is O=C(O)CC(CC(=O)NC1CCCCC1)C(=O)O. The molecule has 0 bridgehead atoms. The van der Waals surface area contributed by atoms with Crippen molar-refractivity contribution in [3.8, 4) is 0 Å². The van der Waals surface area contributed by atoms with Crippen molar-refractivity contribution in [2.75, 3.05) is 0 Å². The van der Waals surface area contributed by atoms with Crippen LogP contribution >= 0.6 is 0 Å². The van der Waals surface area contributed by atoms with Gasteiger partial charge in [-0.25, -0.2) is 0 Å². The highest BCUT2D eigenvalue weighted by atomic mass is 16.4. The van der Waals surface area contributed by atoms with Gasteiger partial charge in [-0.2, -0.15) is 0 Å². The highest BCUT2D eigenvalue weighted by molar-refractivity contribution is 5.85. The standard InChI is InChI=1S/C12H19NO5/c14-10(13-9-4-2-1-3-5-9)6-8(12(17)18)7-11(15)16/h8-9H,1-7H2,(H,13,14)(H,15,16)(H,17,18). The van der Waals surface area contributed by atoms with Crippen LogP contribution in [-0.4, -0.2) is 34.1 Å². The van der Waals surface area contributed by atoms with E-state index in [1.165, 1.54) is 6.42 Å². The van der Waals surface area contributed by atoms with Gasteiger partial charge in [0.1, 0.15) is 0 Å². The summed E-state index contributed by atoms with van der Waals surface area (Å²) in [5.74, 6) is -3.95. The Morgan fingerprint density at radius 2 is 1.67 bits per heavy atom. The van der Waals surface area contributed by atoms with Gasteiger partial charge in [0.15, 0.2) is 0 Å². The summed E-state index contributed by atoms with van der Waals surface area (Å²) in [7, 11) is 0. The Labute approximate surface area is 105 Å². The quantitative estimate of drug-likeness (QED) is 0.658. The Morgan fingerprint density at radius 3 is 2.17 bits per heavy atom. The minimum atomic E-state index is -1.24. The molecule has 1 saturated carbocycles. The Balaban J connectivity index is 2.40. The van der Waals surface area contributed by atoms with E-state index in [0.29, 0.717) is 0 Å². The molecule has 1 amide bonds. The Kier molecular flexibility index (Phi) is 5.61. The fourth-order valence-electron chi connectivity index (χ4n) is 2.21. The van der Waals surface area contributed by atoms with Gasteiger partial charge in [0.05, 0.1) is 12.3 Å². The summed E-state index contributed by atoms with van der Waals surface area (Å²) < 4.78 is 0. The molecular formula is C12H19NO5. The number of carboxylic acids is 2. The molecule has 102 valence electrons. The van der Waals surface area contributed by atoms with Crippen LogP contribution in [0.1, 0.15) is 44.9 Å². The molecule has 0 radical (unpaired) electrons. The molecule has 0 aromatic carbocycles. The van der Waals surface area contributed by atoms with E-state index >= 15 is 0 Å². The summed E-state index contributed by atoms with van der Waals surface area (Å²) in [6.07, 6.45) is 4.37. The van der Waals surface area contributed by atoms with E-state index in [9.17, 15) is 14.4 Å². The van der Waals surface area contributed by atoms with E-state index in [4.69, 9.17) is 10.2 Å². The van der Waals surface area contributed by atoms with Crippen LogP contribution in [0.4, 0.5) is 0 Å². The Morgan fingerprint density at radius 1 is 1.06 bits per heavy atom. The molecule has 3 N–H and O–H groups in total. The van der Waals surface area contributed by atoms with Gasteiger partial charge in [0.2, 0.25) is 5.91 Å². The lowest BCUT2D eigenvalue weighted by atomic mass is 9.94. The van der Waals surface area contributed by atoms with Crippen molar-refractivity contribution in [1.82, 2.24) is 5.32 Å². The topological polar surface area (TPSA) is 104 Å². The molecule has 6 nitrogen and oxygen atoms in total. The molecular weight excluding hydrogens is 238 g/mol. The van der Waals surface area contributed by atoms with Crippen LogP contribution in [0.15, 0.2) is 0 Å². The first-order valence-corrected chi connectivity index (χ1v) is 6.23. The number of carbonyl (C=O) groups is 3. The molecule has 0 spiro atoms. The second-order valence-corrected chi connectivity index (χ2v) is 4.74. The third-order valence-electron chi connectivity index (χ3n) is 3.17. The van der Waals surface area contributed by atoms with Gasteiger partial charge in [-0.05, 0) is 12.8 Å².